The summed E-state index contributed by atoms with van der Waals surface area (Å²) in [4.78, 5) is 0. The summed E-state index contributed by atoms with van der Waals surface area (Å²) in [6.45, 7) is 1.85. The van der Waals surface area contributed by atoms with E-state index in [9.17, 15) is 34.1 Å². The first-order valence-corrected chi connectivity index (χ1v) is 9.06. The minimum atomic E-state index is -5.18. The Bertz CT molecular complexity index is 570. The van der Waals surface area contributed by atoms with Gasteiger partial charge in [-0.1, -0.05) is 4.14 Å². The van der Waals surface area contributed by atoms with E-state index in [1.54, 1.807) is 0 Å². The molecule has 1 rings (SSSR count). The highest BCUT2D eigenvalue weighted by atomic mass is 32.2. The SMILES string of the molecule is CC(C)(O)CC(SC1OC(CO)C(O)C(O)C1O)=[N+]([O-])S(=O)(=O)O. The Labute approximate surface area is 142 Å². The molecule has 5 unspecified atom stereocenters. The van der Waals surface area contributed by atoms with Gasteiger partial charge in [-0.25, -0.2) is 4.55 Å². The third kappa shape index (κ3) is 5.50. The predicted octanol–water partition coefficient (Wildman–Crippen LogP) is -2.61. The number of aliphatic hydroxyl groups excluding tert-OH is 4. The summed E-state index contributed by atoms with van der Waals surface area (Å²) in [7, 11) is -5.18. The van der Waals surface area contributed by atoms with Crippen molar-refractivity contribution >= 4 is 27.1 Å². The first-order chi connectivity index (χ1) is 10.8. The Morgan fingerprint density at radius 2 is 1.79 bits per heavy atom. The average molecular weight is 391 g/mol. The molecule has 0 aliphatic carbocycles. The molecule has 5 atom stereocenters. The van der Waals surface area contributed by atoms with Gasteiger partial charge in [0.05, 0.1) is 18.6 Å². The molecule has 0 aromatic rings. The summed E-state index contributed by atoms with van der Waals surface area (Å²) in [5.74, 6) is 0. The lowest BCUT2D eigenvalue weighted by molar-refractivity contribution is -0.291. The fourth-order valence-corrected chi connectivity index (χ4v) is 3.97. The van der Waals surface area contributed by atoms with Gasteiger partial charge in [0.2, 0.25) is 5.04 Å². The Hall–Kier alpha value is -0.510. The molecule has 6 N–H and O–H groups in total. The number of thioether (sulfide) groups is 1. The second-order valence-corrected chi connectivity index (χ2v) is 8.30. The molecule has 0 amide bonds. The lowest BCUT2D eigenvalue weighted by Crippen LogP contribution is -2.57. The van der Waals surface area contributed by atoms with Crippen LogP contribution in [0.4, 0.5) is 0 Å². The van der Waals surface area contributed by atoms with Crippen LogP contribution in [0.25, 0.3) is 0 Å². The highest BCUT2D eigenvalue weighted by Crippen LogP contribution is 2.31. The normalized spacial score (nSPS) is 33.2. The molecular formula is C11H21NO10S2. The summed E-state index contributed by atoms with van der Waals surface area (Å²) < 4.78 is 35.4. The predicted molar refractivity (Wildman–Crippen MR) is 82.5 cm³/mol. The summed E-state index contributed by atoms with van der Waals surface area (Å²) in [6.07, 6.45) is -6.84. The van der Waals surface area contributed by atoms with Gasteiger partial charge in [0.25, 0.3) is 0 Å². The third-order valence-electron chi connectivity index (χ3n) is 3.10. The lowest BCUT2D eigenvalue weighted by atomic mass is 10.0. The van der Waals surface area contributed by atoms with Crippen molar-refractivity contribution in [2.24, 2.45) is 0 Å². The van der Waals surface area contributed by atoms with E-state index in [0.29, 0.717) is 11.8 Å². The molecule has 1 saturated heterocycles. The zero-order valence-corrected chi connectivity index (χ0v) is 14.5. The second-order valence-electron chi connectivity index (χ2n) is 5.90. The summed E-state index contributed by atoms with van der Waals surface area (Å²) in [5.41, 5.74) is -2.97. The Morgan fingerprint density at radius 1 is 1.25 bits per heavy atom. The molecule has 0 saturated carbocycles. The highest BCUT2D eigenvalue weighted by molar-refractivity contribution is 8.14. The van der Waals surface area contributed by atoms with Crippen molar-refractivity contribution in [1.82, 2.24) is 0 Å². The monoisotopic (exact) mass is 391 g/mol. The molecule has 142 valence electrons. The number of rotatable bonds is 5. The maximum atomic E-state index is 11.7. The quantitative estimate of drug-likeness (QED) is 0.0718. The van der Waals surface area contributed by atoms with Crippen molar-refractivity contribution in [3.05, 3.63) is 5.21 Å². The zero-order valence-electron chi connectivity index (χ0n) is 12.9. The molecular weight excluding hydrogens is 370 g/mol. The molecule has 11 nitrogen and oxygen atoms in total. The number of hydrogen-bond donors (Lipinski definition) is 6. The van der Waals surface area contributed by atoms with Crippen LogP contribution in [-0.4, -0.2) is 89.8 Å². The molecule has 13 heteroatoms. The average Bonchev–Trinajstić information content (AvgIpc) is 2.43. The van der Waals surface area contributed by atoms with Crippen LogP contribution < -0.4 is 0 Å². The molecule has 0 spiro atoms. The number of aliphatic hydroxyl groups is 5. The van der Waals surface area contributed by atoms with Gasteiger partial charge in [0, 0.05) is 0 Å². The molecule has 1 aliphatic rings. The Balaban J connectivity index is 3.14. The maximum absolute atomic E-state index is 11.7. The van der Waals surface area contributed by atoms with Crippen LogP contribution in [-0.2, 0) is 15.0 Å². The van der Waals surface area contributed by atoms with Crippen molar-refractivity contribution in [3.8, 4) is 0 Å². The van der Waals surface area contributed by atoms with E-state index in [0.717, 1.165) is 0 Å². The number of ether oxygens (including phenoxy) is 1. The summed E-state index contributed by atoms with van der Waals surface area (Å²) in [5, 5.41) is 59.3. The molecule has 0 aromatic heterocycles. The third-order valence-corrected chi connectivity index (χ3v) is 5.06. The van der Waals surface area contributed by atoms with Crippen molar-refractivity contribution in [2.75, 3.05) is 6.61 Å². The largest absolute Gasteiger partial charge is 0.605 e. The minimum Gasteiger partial charge on any atom is -0.605 e. The minimum absolute atomic E-state index is 0.337. The van der Waals surface area contributed by atoms with Gasteiger partial charge in [-0.3, -0.25) is 0 Å². The molecule has 1 fully saturated rings. The van der Waals surface area contributed by atoms with E-state index in [1.165, 1.54) is 13.8 Å². The molecule has 0 aromatic carbocycles. The van der Waals surface area contributed by atoms with Gasteiger partial charge < -0.3 is 35.5 Å². The van der Waals surface area contributed by atoms with Crippen molar-refractivity contribution < 1.29 is 47.4 Å². The van der Waals surface area contributed by atoms with Gasteiger partial charge in [0.1, 0.15) is 29.9 Å². The Kier molecular flexibility index (Phi) is 7.00. The number of hydrogen-bond acceptors (Lipinski definition) is 10. The van der Waals surface area contributed by atoms with Crippen LogP contribution in [0.1, 0.15) is 20.3 Å². The second kappa shape index (κ2) is 7.80. The topological polar surface area (TPSA) is 191 Å². The van der Waals surface area contributed by atoms with Gasteiger partial charge >= 0.3 is 10.3 Å². The summed E-state index contributed by atoms with van der Waals surface area (Å²) in [6, 6.07) is 0. The summed E-state index contributed by atoms with van der Waals surface area (Å²) >= 11 is 0.337. The Morgan fingerprint density at radius 3 is 2.21 bits per heavy atom. The first-order valence-electron chi connectivity index (χ1n) is 6.78. The standard InChI is InChI=1S/C11H21NO10S2/c1-11(2,17)3-6(12(18)24(19,20)21)23-10-9(16)8(15)7(14)5(4-13)22-10/h5,7-10,13-17H,3-4H2,1-2H3,(H,19,20,21). The fraction of sp³-hybridized carbons (Fsp3) is 0.909. The van der Waals surface area contributed by atoms with Gasteiger partial charge in [-0.2, -0.15) is 0 Å². The molecule has 0 bridgehead atoms. The van der Waals surface area contributed by atoms with E-state index in [2.05, 4.69) is 0 Å². The van der Waals surface area contributed by atoms with Crippen LogP contribution >= 0.6 is 11.8 Å². The zero-order chi connectivity index (χ0) is 18.9. The van der Waals surface area contributed by atoms with E-state index in [4.69, 9.17) is 14.4 Å². The first kappa shape index (κ1) is 21.5. The van der Waals surface area contributed by atoms with Crippen LogP contribution in [0.15, 0.2) is 0 Å². The lowest BCUT2D eigenvalue weighted by Gasteiger charge is -2.39. The smallest absolute Gasteiger partial charge is 0.518 e. The van der Waals surface area contributed by atoms with Gasteiger partial charge in [-0.15, -0.1) is 8.42 Å². The van der Waals surface area contributed by atoms with E-state index in [1.807, 2.05) is 0 Å². The maximum Gasteiger partial charge on any atom is 0.518 e. The van der Waals surface area contributed by atoms with Crippen molar-refractivity contribution in [1.29, 1.82) is 0 Å². The van der Waals surface area contributed by atoms with Crippen LogP contribution in [0.2, 0.25) is 0 Å². The van der Waals surface area contributed by atoms with Gasteiger partial charge in [-0.05, 0) is 25.6 Å². The van der Waals surface area contributed by atoms with Crippen LogP contribution in [0.5, 0.6) is 0 Å². The highest BCUT2D eigenvalue weighted by Gasteiger charge is 2.45. The number of nitrogens with zero attached hydrogens (tertiary/aromatic N) is 1. The van der Waals surface area contributed by atoms with Crippen molar-refractivity contribution in [3.63, 3.8) is 0 Å². The van der Waals surface area contributed by atoms with E-state index in [-0.39, 0.29) is 0 Å². The van der Waals surface area contributed by atoms with Crippen LogP contribution in [0, 0.1) is 5.21 Å². The molecule has 24 heavy (non-hydrogen) atoms. The molecule has 1 aliphatic heterocycles. The van der Waals surface area contributed by atoms with E-state index >= 15 is 0 Å². The fourth-order valence-electron chi connectivity index (χ4n) is 1.95. The van der Waals surface area contributed by atoms with E-state index < -0.39 is 68.0 Å². The van der Waals surface area contributed by atoms with Crippen molar-refractivity contribution in [2.45, 2.75) is 55.7 Å². The van der Waals surface area contributed by atoms with Crippen LogP contribution in [0.3, 0.4) is 0 Å². The molecule has 0 radical (unpaired) electrons. The van der Waals surface area contributed by atoms with Gasteiger partial charge in [0.15, 0.2) is 0 Å². The molecule has 1 heterocycles.